The van der Waals surface area contributed by atoms with Crippen molar-refractivity contribution in [2.75, 3.05) is 7.11 Å². The quantitative estimate of drug-likeness (QED) is 0.725. The minimum Gasteiger partial charge on any atom is -0.494 e. The molecule has 0 saturated carbocycles. The van der Waals surface area contributed by atoms with Gasteiger partial charge in [0.2, 0.25) is 0 Å². The molecule has 1 N–H and O–H groups in total. The first kappa shape index (κ1) is 15.5. The van der Waals surface area contributed by atoms with E-state index in [9.17, 15) is 14.0 Å². The summed E-state index contributed by atoms with van der Waals surface area (Å²) < 4.78 is 19.4. The Morgan fingerprint density at radius 1 is 1.28 bits per heavy atom. The van der Waals surface area contributed by atoms with Crippen molar-refractivity contribution >= 4 is 34.4 Å². The van der Waals surface area contributed by atoms with Crippen LogP contribution >= 0.6 is 11.6 Å². The Bertz CT molecular complexity index is 1050. The van der Waals surface area contributed by atoms with Gasteiger partial charge < -0.3 is 4.74 Å². The summed E-state index contributed by atoms with van der Waals surface area (Å²) in [5.74, 6) is -1.84. The monoisotopic (exact) mass is 360 g/mol. The van der Waals surface area contributed by atoms with Gasteiger partial charge in [0, 0.05) is 16.8 Å². The van der Waals surface area contributed by atoms with Gasteiger partial charge in [-0.2, -0.15) is 5.10 Å². The van der Waals surface area contributed by atoms with E-state index in [1.807, 2.05) is 0 Å². The lowest BCUT2D eigenvalue weighted by molar-refractivity contribution is 0.0641. The third-order valence-electron chi connectivity index (χ3n) is 4.10. The molecular weight excluding hydrogens is 351 g/mol. The predicted molar refractivity (Wildman–Crippen MR) is 86.1 cm³/mol. The molecule has 1 aromatic carbocycles. The number of pyridine rings is 1. The van der Waals surface area contributed by atoms with E-state index < -0.39 is 17.6 Å². The fourth-order valence-electron chi connectivity index (χ4n) is 2.85. The van der Waals surface area contributed by atoms with Crippen LogP contribution in [0.4, 0.5) is 4.39 Å². The van der Waals surface area contributed by atoms with Crippen LogP contribution in [0.25, 0.3) is 11.0 Å². The number of aromatic amines is 1. The second-order valence-corrected chi connectivity index (χ2v) is 5.82. The number of methoxy groups -OCH3 is 1. The standard InChI is InChI=1S/C16H10ClFN4O3/c1-25-11-3-2-10(17)9(13(11)18)6-22-15(23)8-4-19-14-7(5-20-21-14)12(8)16(22)24/h2-5H,6H2,1H3,(H,19,20,21). The van der Waals surface area contributed by atoms with Crippen molar-refractivity contribution in [2.24, 2.45) is 0 Å². The summed E-state index contributed by atoms with van der Waals surface area (Å²) in [7, 11) is 1.32. The van der Waals surface area contributed by atoms with Crippen molar-refractivity contribution in [1.82, 2.24) is 20.1 Å². The summed E-state index contributed by atoms with van der Waals surface area (Å²) >= 11 is 6.05. The van der Waals surface area contributed by atoms with Crippen LogP contribution in [0.3, 0.4) is 0 Å². The summed E-state index contributed by atoms with van der Waals surface area (Å²) in [6.07, 6.45) is 2.73. The van der Waals surface area contributed by atoms with Crippen LogP contribution in [-0.4, -0.2) is 39.0 Å². The summed E-state index contributed by atoms with van der Waals surface area (Å²) in [6.45, 7) is -0.312. The molecule has 1 aliphatic heterocycles. The van der Waals surface area contributed by atoms with Crippen LogP contribution in [0.15, 0.2) is 24.5 Å². The van der Waals surface area contributed by atoms with Crippen LogP contribution < -0.4 is 4.74 Å². The summed E-state index contributed by atoms with van der Waals surface area (Å²) in [5, 5.41) is 7.01. The Kier molecular flexibility index (Phi) is 3.43. The fraction of sp³-hybridized carbons (Fsp3) is 0.125. The Balaban J connectivity index is 1.79. The highest BCUT2D eigenvalue weighted by Gasteiger charge is 2.38. The minimum atomic E-state index is -0.710. The van der Waals surface area contributed by atoms with Gasteiger partial charge in [-0.25, -0.2) is 9.37 Å². The number of rotatable bonds is 3. The van der Waals surface area contributed by atoms with Crippen LogP contribution in [0, 0.1) is 5.82 Å². The second kappa shape index (κ2) is 5.52. The Morgan fingerprint density at radius 2 is 2.08 bits per heavy atom. The molecule has 2 amide bonds. The molecular formula is C16H10ClFN4O3. The van der Waals surface area contributed by atoms with E-state index >= 15 is 0 Å². The Labute approximate surface area is 145 Å². The summed E-state index contributed by atoms with van der Waals surface area (Å²) in [4.78, 5) is 30.3. The average Bonchev–Trinajstić information content (AvgIpc) is 3.16. The number of hydrogen-bond acceptors (Lipinski definition) is 5. The zero-order chi connectivity index (χ0) is 17.7. The van der Waals surface area contributed by atoms with Gasteiger partial charge in [0.05, 0.1) is 36.4 Å². The van der Waals surface area contributed by atoms with E-state index in [1.165, 1.54) is 31.6 Å². The molecule has 0 unspecified atom stereocenters. The number of carbonyl (C=O) groups is 2. The number of halogens is 2. The molecule has 3 aromatic rings. The number of ether oxygens (including phenoxy) is 1. The zero-order valence-electron chi connectivity index (χ0n) is 12.8. The molecule has 0 radical (unpaired) electrons. The number of fused-ring (bicyclic) bond motifs is 3. The maximum Gasteiger partial charge on any atom is 0.263 e. The number of amides is 2. The van der Waals surface area contributed by atoms with Crippen molar-refractivity contribution in [3.05, 3.63) is 52.1 Å². The molecule has 1 aliphatic rings. The molecule has 9 heteroatoms. The SMILES string of the molecule is COc1ccc(Cl)c(CN2C(=O)c3cnc4[nH]ncc4c3C2=O)c1F. The molecule has 0 aliphatic carbocycles. The number of hydrogen-bond donors (Lipinski definition) is 1. The number of aromatic nitrogens is 3. The average molecular weight is 361 g/mol. The van der Waals surface area contributed by atoms with E-state index in [4.69, 9.17) is 16.3 Å². The first-order valence-corrected chi connectivity index (χ1v) is 7.60. The van der Waals surface area contributed by atoms with E-state index in [2.05, 4.69) is 15.2 Å². The molecule has 0 fully saturated rings. The third-order valence-corrected chi connectivity index (χ3v) is 4.46. The van der Waals surface area contributed by atoms with E-state index in [-0.39, 0.29) is 34.0 Å². The van der Waals surface area contributed by atoms with Gasteiger partial charge in [-0.15, -0.1) is 0 Å². The zero-order valence-corrected chi connectivity index (χ0v) is 13.6. The number of carbonyl (C=O) groups excluding carboxylic acids is 2. The minimum absolute atomic E-state index is 0.00641. The lowest BCUT2D eigenvalue weighted by Gasteiger charge is -2.16. The van der Waals surface area contributed by atoms with Gasteiger partial charge in [0.1, 0.15) is 0 Å². The smallest absolute Gasteiger partial charge is 0.263 e. The van der Waals surface area contributed by atoms with Crippen LogP contribution in [0.2, 0.25) is 5.02 Å². The molecule has 0 spiro atoms. The maximum atomic E-state index is 14.5. The first-order chi connectivity index (χ1) is 12.0. The normalized spacial score (nSPS) is 13.6. The third kappa shape index (κ3) is 2.18. The van der Waals surface area contributed by atoms with Crippen molar-refractivity contribution in [3.8, 4) is 5.75 Å². The van der Waals surface area contributed by atoms with Crippen molar-refractivity contribution < 1.29 is 18.7 Å². The Hall–Kier alpha value is -3.00. The van der Waals surface area contributed by atoms with Crippen molar-refractivity contribution in [2.45, 2.75) is 6.54 Å². The Morgan fingerprint density at radius 3 is 2.84 bits per heavy atom. The van der Waals surface area contributed by atoms with E-state index in [0.717, 1.165) is 4.90 Å². The molecule has 7 nitrogen and oxygen atoms in total. The summed E-state index contributed by atoms with van der Waals surface area (Å²) in [6, 6.07) is 2.83. The maximum absolute atomic E-state index is 14.5. The van der Waals surface area contributed by atoms with Gasteiger partial charge in [0.25, 0.3) is 11.8 Å². The van der Waals surface area contributed by atoms with Gasteiger partial charge >= 0.3 is 0 Å². The van der Waals surface area contributed by atoms with Gasteiger partial charge in [-0.3, -0.25) is 19.6 Å². The lowest BCUT2D eigenvalue weighted by atomic mass is 10.1. The van der Waals surface area contributed by atoms with Crippen LogP contribution in [0.1, 0.15) is 26.3 Å². The molecule has 3 heterocycles. The molecule has 126 valence electrons. The highest BCUT2D eigenvalue weighted by molar-refractivity contribution is 6.31. The largest absolute Gasteiger partial charge is 0.494 e. The molecule has 0 atom stereocenters. The highest BCUT2D eigenvalue weighted by atomic mass is 35.5. The van der Waals surface area contributed by atoms with Crippen molar-refractivity contribution in [1.29, 1.82) is 0 Å². The molecule has 4 rings (SSSR count). The molecule has 0 bridgehead atoms. The van der Waals surface area contributed by atoms with Gasteiger partial charge in [-0.1, -0.05) is 11.6 Å². The highest BCUT2D eigenvalue weighted by Crippen LogP contribution is 2.33. The summed E-state index contributed by atoms with van der Waals surface area (Å²) in [5.41, 5.74) is 0.751. The number of nitrogens with one attached hydrogen (secondary N) is 1. The topological polar surface area (TPSA) is 88.2 Å². The van der Waals surface area contributed by atoms with Gasteiger partial charge in [0.15, 0.2) is 17.2 Å². The number of imide groups is 1. The predicted octanol–water partition coefficient (Wildman–Crippen LogP) is 2.56. The first-order valence-electron chi connectivity index (χ1n) is 7.22. The lowest BCUT2D eigenvalue weighted by Crippen LogP contribution is -2.29. The molecule has 25 heavy (non-hydrogen) atoms. The van der Waals surface area contributed by atoms with Crippen molar-refractivity contribution in [3.63, 3.8) is 0 Å². The number of H-pyrrole nitrogens is 1. The van der Waals surface area contributed by atoms with E-state index in [0.29, 0.717) is 11.0 Å². The number of nitrogens with zero attached hydrogens (tertiary/aromatic N) is 3. The molecule has 2 aromatic heterocycles. The van der Waals surface area contributed by atoms with E-state index in [1.54, 1.807) is 0 Å². The van der Waals surface area contributed by atoms with Gasteiger partial charge in [-0.05, 0) is 12.1 Å². The fourth-order valence-corrected chi connectivity index (χ4v) is 3.05. The van der Waals surface area contributed by atoms with Crippen LogP contribution in [-0.2, 0) is 6.54 Å². The second-order valence-electron chi connectivity index (χ2n) is 5.42. The van der Waals surface area contributed by atoms with Crippen LogP contribution in [0.5, 0.6) is 5.75 Å². The molecule has 0 saturated heterocycles. The number of benzene rings is 1.